The fourth-order valence-electron chi connectivity index (χ4n) is 1.59. The Morgan fingerprint density at radius 1 is 1.32 bits per heavy atom. The maximum absolute atomic E-state index is 11.9. The summed E-state index contributed by atoms with van der Waals surface area (Å²) in [5, 5.41) is 6.21. The van der Waals surface area contributed by atoms with Gasteiger partial charge in [0.25, 0.3) is 11.8 Å². The van der Waals surface area contributed by atoms with E-state index in [0.717, 1.165) is 0 Å². The van der Waals surface area contributed by atoms with Crippen molar-refractivity contribution in [1.29, 1.82) is 0 Å². The highest BCUT2D eigenvalue weighted by molar-refractivity contribution is 5.95. The number of benzene rings is 1. The molecule has 2 aromatic rings. The largest absolute Gasteiger partial charge is 0.463 e. The Morgan fingerprint density at radius 3 is 2.68 bits per heavy atom. The number of aromatic nitrogens is 1. The zero-order valence-corrected chi connectivity index (χ0v) is 12.2. The molecule has 0 aliphatic carbocycles. The van der Waals surface area contributed by atoms with E-state index >= 15 is 0 Å². The quantitative estimate of drug-likeness (QED) is 0.820. The van der Waals surface area contributed by atoms with E-state index in [0.29, 0.717) is 11.4 Å². The third-order valence-electron chi connectivity index (χ3n) is 2.66. The van der Waals surface area contributed by atoms with Crippen LogP contribution in [0.3, 0.4) is 0 Å². The molecule has 0 aliphatic rings. The van der Waals surface area contributed by atoms with E-state index in [-0.39, 0.29) is 12.5 Å². The van der Waals surface area contributed by atoms with Gasteiger partial charge in [-0.3, -0.25) is 4.79 Å². The number of nitrogens with zero attached hydrogens (tertiary/aromatic N) is 1. The Kier molecular flexibility index (Phi) is 5.13. The number of ether oxygens (including phenoxy) is 2. The van der Waals surface area contributed by atoms with Crippen LogP contribution in [0.4, 0.5) is 5.69 Å². The normalized spacial score (nSPS) is 11.5. The second-order valence-corrected chi connectivity index (χ2v) is 4.55. The molecule has 1 heterocycles. The monoisotopic (exact) mass is 304 g/mol. The van der Waals surface area contributed by atoms with E-state index in [1.54, 1.807) is 37.3 Å². The number of amides is 1. The lowest BCUT2D eigenvalue weighted by atomic mass is 10.3. The average molecular weight is 304 g/mol. The molecule has 0 saturated heterocycles. The van der Waals surface area contributed by atoms with Crippen LogP contribution in [0.2, 0.25) is 0 Å². The summed E-state index contributed by atoms with van der Waals surface area (Å²) < 4.78 is 14.8. The number of nitrogens with one attached hydrogen (secondary N) is 1. The Labute approximate surface area is 127 Å². The SMILES string of the molecule is Cc1cc(OCC(=O)O[C@@H](C)C(=O)Nc2ccccc2)no1. The molecule has 116 valence electrons. The number of para-hydroxylation sites is 1. The Bertz CT molecular complexity index is 638. The highest BCUT2D eigenvalue weighted by Crippen LogP contribution is 2.10. The fraction of sp³-hybridized carbons (Fsp3) is 0.267. The van der Waals surface area contributed by atoms with Crippen LogP contribution >= 0.6 is 0 Å². The molecular weight excluding hydrogens is 288 g/mol. The van der Waals surface area contributed by atoms with Crippen molar-refractivity contribution in [2.75, 3.05) is 11.9 Å². The predicted molar refractivity (Wildman–Crippen MR) is 77.4 cm³/mol. The number of esters is 1. The van der Waals surface area contributed by atoms with Gasteiger partial charge in [-0.15, -0.1) is 0 Å². The molecule has 0 aliphatic heterocycles. The second-order valence-electron chi connectivity index (χ2n) is 4.55. The highest BCUT2D eigenvalue weighted by Gasteiger charge is 2.18. The van der Waals surface area contributed by atoms with Crippen molar-refractivity contribution in [1.82, 2.24) is 5.16 Å². The van der Waals surface area contributed by atoms with Crippen LogP contribution in [0.1, 0.15) is 12.7 Å². The van der Waals surface area contributed by atoms with Crippen LogP contribution in [-0.2, 0) is 14.3 Å². The zero-order chi connectivity index (χ0) is 15.9. The van der Waals surface area contributed by atoms with Crippen molar-refractivity contribution in [3.05, 3.63) is 42.2 Å². The minimum Gasteiger partial charge on any atom is -0.463 e. The molecule has 1 aromatic heterocycles. The molecule has 1 atom stereocenters. The molecule has 1 N–H and O–H groups in total. The Balaban J connectivity index is 1.76. The van der Waals surface area contributed by atoms with Crippen molar-refractivity contribution < 1.29 is 23.6 Å². The molecule has 2 rings (SSSR count). The summed E-state index contributed by atoms with van der Waals surface area (Å²) in [6.45, 7) is 2.83. The summed E-state index contributed by atoms with van der Waals surface area (Å²) in [4.78, 5) is 23.5. The molecule has 1 amide bonds. The molecule has 0 spiro atoms. The molecule has 0 saturated carbocycles. The first-order chi connectivity index (χ1) is 10.5. The van der Waals surface area contributed by atoms with Gasteiger partial charge in [-0.2, -0.15) is 0 Å². The van der Waals surface area contributed by atoms with Gasteiger partial charge in [-0.1, -0.05) is 18.2 Å². The summed E-state index contributed by atoms with van der Waals surface area (Å²) in [6.07, 6.45) is -0.935. The Morgan fingerprint density at radius 2 is 2.05 bits per heavy atom. The third-order valence-corrected chi connectivity index (χ3v) is 2.66. The summed E-state index contributed by atoms with van der Waals surface area (Å²) in [6, 6.07) is 10.4. The average Bonchev–Trinajstić information content (AvgIpc) is 2.92. The maximum Gasteiger partial charge on any atom is 0.345 e. The molecule has 0 radical (unpaired) electrons. The van der Waals surface area contributed by atoms with Gasteiger partial charge in [-0.25, -0.2) is 4.79 Å². The van der Waals surface area contributed by atoms with Gasteiger partial charge in [0, 0.05) is 11.8 Å². The van der Waals surface area contributed by atoms with Gasteiger partial charge >= 0.3 is 5.97 Å². The summed E-state index contributed by atoms with van der Waals surface area (Å²) in [5.74, 6) is -0.331. The van der Waals surface area contributed by atoms with Crippen LogP contribution in [0.5, 0.6) is 5.88 Å². The van der Waals surface area contributed by atoms with Crippen molar-refractivity contribution in [2.45, 2.75) is 20.0 Å². The molecule has 1 aromatic carbocycles. The van der Waals surface area contributed by atoms with E-state index in [1.165, 1.54) is 6.92 Å². The maximum atomic E-state index is 11.9. The molecule has 7 heteroatoms. The molecule has 0 unspecified atom stereocenters. The molecule has 22 heavy (non-hydrogen) atoms. The number of aryl methyl sites for hydroxylation is 1. The lowest BCUT2D eigenvalue weighted by Gasteiger charge is -2.13. The minimum absolute atomic E-state index is 0.191. The number of rotatable bonds is 6. The standard InChI is InChI=1S/C15H16N2O5/c1-10-8-13(17-22-10)20-9-14(18)21-11(2)15(19)16-12-6-4-3-5-7-12/h3-8,11H,9H2,1-2H3,(H,16,19)/t11-/m0/s1. The topological polar surface area (TPSA) is 90.7 Å². The van der Waals surface area contributed by atoms with Gasteiger partial charge in [-0.05, 0) is 31.1 Å². The lowest BCUT2D eigenvalue weighted by Crippen LogP contribution is -2.31. The first-order valence-corrected chi connectivity index (χ1v) is 6.66. The molecule has 0 bridgehead atoms. The van der Waals surface area contributed by atoms with Crippen LogP contribution in [0.15, 0.2) is 40.9 Å². The van der Waals surface area contributed by atoms with Crippen molar-refractivity contribution in [3.63, 3.8) is 0 Å². The van der Waals surface area contributed by atoms with Crippen molar-refractivity contribution in [2.24, 2.45) is 0 Å². The lowest BCUT2D eigenvalue weighted by molar-refractivity contribution is -0.155. The van der Waals surface area contributed by atoms with Crippen LogP contribution in [0, 0.1) is 6.92 Å². The van der Waals surface area contributed by atoms with Crippen molar-refractivity contribution >= 4 is 17.6 Å². The van der Waals surface area contributed by atoms with E-state index in [1.807, 2.05) is 6.07 Å². The van der Waals surface area contributed by atoms with Gasteiger partial charge < -0.3 is 19.3 Å². The van der Waals surface area contributed by atoms with Crippen LogP contribution in [-0.4, -0.2) is 29.7 Å². The number of carbonyl (C=O) groups excluding carboxylic acids is 2. The summed E-state index contributed by atoms with van der Waals surface area (Å²) >= 11 is 0. The number of hydrogen-bond acceptors (Lipinski definition) is 6. The van der Waals surface area contributed by atoms with E-state index in [2.05, 4.69) is 10.5 Å². The minimum atomic E-state index is -0.935. The van der Waals surface area contributed by atoms with Gasteiger partial charge in [0.2, 0.25) is 0 Å². The fourth-order valence-corrected chi connectivity index (χ4v) is 1.59. The predicted octanol–water partition coefficient (Wildman–Crippen LogP) is 1.93. The van der Waals surface area contributed by atoms with Gasteiger partial charge in [0.15, 0.2) is 12.7 Å². The first kappa shape index (κ1) is 15.6. The summed E-state index contributed by atoms with van der Waals surface area (Å²) in [7, 11) is 0. The summed E-state index contributed by atoms with van der Waals surface area (Å²) in [5.41, 5.74) is 0.629. The van der Waals surface area contributed by atoms with Gasteiger partial charge in [0.1, 0.15) is 5.76 Å². The van der Waals surface area contributed by atoms with Crippen LogP contribution < -0.4 is 10.1 Å². The second kappa shape index (κ2) is 7.26. The van der Waals surface area contributed by atoms with Crippen molar-refractivity contribution in [3.8, 4) is 5.88 Å². The number of anilines is 1. The number of hydrogen-bond donors (Lipinski definition) is 1. The number of carbonyl (C=O) groups is 2. The van der Waals surface area contributed by atoms with E-state index < -0.39 is 18.0 Å². The van der Waals surface area contributed by atoms with Crippen LogP contribution in [0.25, 0.3) is 0 Å². The molecule has 0 fully saturated rings. The smallest absolute Gasteiger partial charge is 0.345 e. The van der Waals surface area contributed by atoms with E-state index in [9.17, 15) is 9.59 Å². The van der Waals surface area contributed by atoms with E-state index in [4.69, 9.17) is 14.0 Å². The third kappa shape index (κ3) is 4.62. The Hall–Kier alpha value is -2.83. The molecule has 7 nitrogen and oxygen atoms in total. The zero-order valence-electron chi connectivity index (χ0n) is 12.2. The highest BCUT2D eigenvalue weighted by atomic mass is 16.6. The van der Waals surface area contributed by atoms with Gasteiger partial charge in [0.05, 0.1) is 0 Å². The first-order valence-electron chi connectivity index (χ1n) is 6.66. The molecular formula is C15H16N2O5.